The van der Waals surface area contributed by atoms with Gasteiger partial charge in [-0.3, -0.25) is 9.69 Å². The molecule has 0 spiro atoms. The molecule has 0 unspecified atom stereocenters. The van der Waals surface area contributed by atoms with E-state index in [1.165, 1.54) is 0 Å². The van der Waals surface area contributed by atoms with Crippen molar-refractivity contribution < 1.29 is 4.79 Å². The topological polar surface area (TPSA) is 48.5 Å². The summed E-state index contributed by atoms with van der Waals surface area (Å²) in [5.41, 5.74) is 1.01. The number of nitrogens with one attached hydrogen (secondary N) is 1. The van der Waals surface area contributed by atoms with E-state index in [-0.39, 0.29) is 5.91 Å². The van der Waals surface area contributed by atoms with Crippen molar-refractivity contribution in [3.63, 3.8) is 0 Å². The second kappa shape index (κ2) is 9.80. The van der Waals surface area contributed by atoms with Gasteiger partial charge in [-0.15, -0.1) is 11.8 Å². The van der Waals surface area contributed by atoms with Crippen molar-refractivity contribution in [2.75, 3.05) is 49.9 Å². The number of carbonyl (C=O) groups is 1. The number of nitrogens with zero attached hydrogens (tertiary/aromatic N) is 3. The van der Waals surface area contributed by atoms with E-state index in [0.717, 1.165) is 58.0 Å². The fraction of sp³-hybridized carbons (Fsp3) is 0.333. The van der Waals surface area contributed by atoms with Crippen LogP contribution in [0.5, 0.6) is 0 Å². The maximum absolute atomic E-state index is 12.0. The van der Waals surface area contributed by atoms with Crippen LogP contribution in [-0.2, 0) is 4.79 Å². The molecule has 1 N–H and O–H groups in total. The van der Waals surface area contributed by atoms with E-state index in [0.29, 0.717) is 12.3 Å². The van der Waals surface area contributed by atoms with Crippen LogP contribution in [0.2, 0.25) is 5.02 Å². The number of hydrogen-bond acceptors (Lipinski definition) is 6. The largest absolute Gasteiger partial charge is 0.354 e. The number of thioether (sulfide) groups is 1. The minimum absolute atomic E-state index is 0.0885. The summed E-state index contributed by atoms with van der Waals surface area (Å²) in [7, 11) is 0. The Labute approximate surface area is 184 Å². The quantitative estimate of drug-likeness (QED) is 0.556. The van der Waals surface area contributed by atoms with Crippen LogP contribution in [0.15, 0.2) is 53.4 Å². The van der Waals surface area contributed by atoms with E-state index >= 15 is 0 Å². The van der Waals surface area contributed by atoms with E-state index in [2.05, 4.69) is 15.1 Å². The first-order valence-electron chi connectivity index (χ1n) is 9.65. The van der Waals surface area contributed by atoms with Gasteiger partial charge in [-0.25, -0.2) is 4.98 Å². The van der Waals surface area contributed by atoms with Crippen LogP contribution in [0.4, 0.5) is 5.13 Å². The molecule has 1 aromatic heterocycles. The van der Waals surface area contributed by atoms with Gasteiger partial charge in [-0.05, 0) is 30.3 Å². The van der Waals surface area contributed by atoms with E-state index in [1.807, 2.05) is 48.5 Å². The Balaban J connectivity index is 1.17. The van der Waals surface area contributed by atoms with Crippen LogP contribution in [0.3, 0.4) is 0 Å². The van der Waals surface area contributed by atoms with E-state index in [9.17, 15) is 4.79 Å². The average molecular weight is 447 g/mol. The summed E-state index contributed by atoms with van der Waals surface area (Å²) in [5.74, 6) is 0.546. The number of piperazine rings is 1. The predicted molar refractivity (Wildman–Crippen MR) is 123 cm³/mol. The van der Waals surface area contributed by atoms with Gasteiger partial charge in [-0.1, -0.05) is 41.1 Å². The van der Waals surface area contributed by atoms with Gasteiger partial charge < -0.3 is 10.2 Å². The highest BCUT2D eigenvalue weighted by molar-refractivity contribution is 8.00. The highest BCUT2D eigenvalue weighted by Crippen LogP contribution is 2.31. The predicted octanol–water partition coefficient (Wildman–Crippen LogP) is 3.98. The van der Waals surface area contributed by atoms with Crippen LogP contribution < -0.4 is 10.2 Å². The Hall–Kier alpha value is -1.80. The second-order valence-electron chi connectivity index (χ2n) is 6.89. The normalized spacial score (nSPS) is 15.0. The number of rotatable bonds is 7. The lowest BCUT2D eigenvalue weighted by Gasteiger charge is -2.34. The van der Waals surface area contributed by atoms with Gasteiger partial charge in [0.1, 0.15) is 0 Å². The average Bonchev–Trinajstić information content (AvgIpc) is 3.17. The molecular weight excluding hydrogens is 424 g/mol. The zero-order valence-corrected chi connectivity index (χ0v) is 18.4. The van der Waals surface area contributed by atoms with Crippen LogP contribution in [0.1, 0.15) is 0 Å². The third kappa shape index (κ3) is 5.63. The molecule has 4 rings (SSSR count). The maximum atomic E-state index is 12.0. The van der Waals surface area contributed by atoms with E-state index in [1.54, 1.807) is 23.1 Å². The molecule has 0 saturated carbocycles. The van der Waals surface area contributed by atoms with Crippen LogP contribution in [0, 0.1) is 0 Å². The smallest absolute Gasteiger partial charge is 0.230 e. The van der Waals surface area contributed by atoms with E-state index in [4.69, 9.17) is 16.6 Å². The molecule has 0 radical (unpaired) electrons. The van der Waals surface area contributed by atoms with Gasteiger partial charge in [0.05, 0.1) is 16.0 Å². The molecule has 152 valence electrons. The number of amides is 1. The molecule has 0 atom stereocenters. The van der Waals surface area contributed by atoms with Crippen molar-refractivity contribution >= 4 is 56.0 Å². The third-order valence-electron chi connectivity index (χ3n) is 4.85. The molecule has 1 saturated heterocycles. The zero-order valence-electron chi connectivity index (χ0n) is 16.0. The molecule has 1 fully saturated rings. The summed E-state index contributed by atoms with van der Waals surface area (Å²) in [6.07, 6.45) is 0. The molecule has 2 heterocycles. The number of benzene rings is 2. The minimum atomic E-state index is 0.0885. The molecule has 2 aromatic carbocycles. The number of anilines is 1. The third-order valence-corrected chi connectivity index (χ3v) is 7.17. The van der Waals surface area contributed by atoms with Gasteiger partial charge in [0.25, 0.3) is 0 Å². The van der Waals surface area contributed by atoms with Crippen molar-refractivity contribution in [2.24, 2.45) is 0 Å². The van der Waals surface area contributed by atoms with Crippen molar-refractivity contribution in [2.45, 2.75) is 4.90 Å². The molecule has 1 amide bonds. The first-order chi connectivity index (χ1) is 14.2. The molecule has 3 aromatic rings. The lowest BCUT2D eigenvalue weighted by Crippen LogP contribution is -2.48. The fourth-order valence-electron chi connectivity index (χ4n) is 3.25. The Kier molecular flexibility index (Phi) is 6.92. The number of halogens is 1. The standard InChI is InChI=1S/C21H23ClN4OS2/c22-16-6-7-18-19(14-16)29-21(24-18)26-12-10-25(11-13-26)9-8-23-20(27)15-28-17-4-2-1-3-5-17/h1-7,14H,8-13,15H2,(H,23,27). The highest BCUT2D eigenvalue weighted by Gasteiger charge is 2.19. The summed E-state index contributed by atoms with van der Waals surface area (Å²) >= 11 is 9.35. The molecule has 0 bridgehead atoms. The van der Waals surface area contributed by atoms with E-state index < -0.39 is 0 Å². The summed E-state index contributed by atoms with van der Waals surface area (Å²) in [6.45, 7) is 5.42. The number of carbonyl (C=O) groups excluding carboxylic acids is 1. The summed E-state index contributed by atoms with van der Waals surface area (Å²) in [5, 5.41) is 4.84. The number of thiazole rings is 1. The summed E-state index contributed by atoms with van der Waals surface area (Å²) in [4.78, 5) is 22.6. The van der Waals surface area contributed by atoms with Gasteiger partial charge in [0, 0.05) is 49.2 Å². The molecular formula is C21H23ClN4OS2. The number of hydrogen-bond donors (Lipinski definition) is 1. The summed E-state index contributed by atoms with van der Waals surface area (Å²) < 4.78 is 1.13. The zero-order chi connectivity index (χ0) is 20.1. The molecule has 29 heavy (non-hydrogen) atoms. The maximum Gasteiger partial charge on any atom is 0.230 e. The monoisotopic (exact) mass is 446 g/mol. The summed E-state index contributed by atoms with van der Waals surface area (Å²) in [6, 6.07) is 15.9. The Morgan fingerprint density at radius 2 is 1.93 bits per heavy atom. The van der Waals surface area contributed by atoms with Gasteiger partial charge >= 0.3 is 0 Å². The molecule has 1 aliphatic heterocycles. The highest BCUT2D eigenvalue weighted by atomic mass is 35.5. The van der Waals surface area contributed by atoms with Crippen molar-refractivity contribution in [1.82, 2.24) is 15.2 Å². The van der Waals surface area contributed by atoms with Crippen LogP contribution >= 0.6 is 34.7 Å². The Morgan fingerprint density at radius 1 is 1.14 bits per heavy atom. The van der Waals surface area contributed by atoms with Gasteiger partial charge in [0.2, 0.25) is 5.91 Å². The van der Waals surface area contributed by atoms with Crippen LogP contribution in [-0.4, -0.2) is 60.8 Å². The van der Waals surface area contributed by atoms with Crippen molar-refractivity contribution in [3.05, 3.63) is 53.6 Å². The fourth-order valence-corrected chi connectivity index (χ4v) is 5.30. The molecule has 0 aliphatic carbocycles. The first kappa shape index (κ1) is 20.5. The molecule has 1 aliphatic rings. The second-order valence-corrected chi connectivity index (χ2v) is 9.38. The Bertz CT molecular complexity index is 958. The molecule has 5 nitrogen and oxygen atoms in total. The van der Waals surface area contributed by atoms with Crippen molar-refractivity contribution in [3.8, 4) is 0 Å². The lowest BCUT2D eigenvalue weighted by atomic mass is 10.3. The minimum Gasteiger partial charge on any atom is -0.354 e. The number of aromatic nitrogens is 1. The SMILES string of the molecule is O=C(CSc1ccccc1)NCCN1CCN(c2nc3ccc(Cl)cc3s2)CC1. The van der Waals surface area contributed by atoms with Gasteiger partial charge in [-0.2, -0.15) is 0 Å². The van der Waals surface area contributed by atoms with Crippen molar-refractivity contribution in [1.29, 1.82) is 0 Å². The van der Waals surface area contributed by atoms with Crippen LogP contribution in [0.25, 0.3) is 10.2 Å². The first-order valence-corrected chi connectivity index (χ1v) is 11.8. The molecule has 8 heteroatoms. The number of fused-ring (bicyclic) bond motifs is 1. The van der Waals surface area contributed by atoms with Gasteiger partial charge in [0.15, 0.2) is 5.13 Å². The Morgan fingerprint density at radius 3 is 2.72 bits per heavy atom. The lowest BCUT2D eigenvalue weighted by molar-refractivity contribution is -0.118.